The molecule has 0 fully saturated rings. The van der Waals surface area contributed by atoms with E-state index in [2.05, 4.69) is 16.0 Å². The van der Waals surface area contributed by atoms with Crippen molar-refractivity contribution in [2.75, 3.05) is 38.7 Å². The molecule has 1 aliphatic heterocycles. The van der Waals surface area contributed by atoms with Gasteiger partial charge in [-0.1, -0.05) is 11.6 Å². The van der Waals surface area contributed by atoms with Crippen molar-refractivity contribution >= 4 is 53.3 Å². The predicted molar refractivity (Wildman–Crippen MR) is 99.3 cm³/mol. The molecule has 1 aromatic carbocycles. The number of carbonyl (C=O) groups is 2. The second kappa shape index (κ2) is 10.8. The molecule has 1 atom stereocenters. The first-order chi connectivity index (χ1) is 11.1. The number of ether oxygens (including phenoxy) is 1. The Bertz CT molecular complexity index is 575. The number of amides is 2. The van der Waals surface area contributed by atoms with Crippen molar-refractivity contribution in [1.82, 2.24) is 10.6 Å². The zero-order chi connectivity index (χ0) is 16.7. The maximum Gasteiger partial charge on any atom is 0.238 e. The summed E-state index contributed by atoms with van der Waals surface area (Å²) in [5, 5.41) is 8.88. The van der Waals surface area contributed by atoms with E-state index in [0.717, 1.165) is 11.4 Å². The van der Waals surface area contributed by atoms with Gasteiger partial charge in [0.25, 0.3) is 0 Å². The molecular weight excluding hydrogens is 373 g/mol. The van der Waals surface area contributed by atoms with E-state index in [1.165, 1.54) is 11.8 Å². The van der Waals surface area contributed by atoms with Gasteiger partial charge in [0.2, 0.25) is 11.8 Å². The summed E-state index contributed by atoms with van der Waals surface area (Å²) in [5.41, 5.74) is 0.700. The van der Waals surface area contributed by atoms with Gasteiger partial charge < -0.3 is 20.7 Å². The van der Waals surface area contributed by atoms with Crippen LogP contribution in [0.4, 0.5) is 5.69 Å². The van der Waals surface area contributed by atoms with Gasteiger partial charge in [0.05, 0.1) is 17.5 Å². The summed E-state index contributed by atoms with van der Waals surface area (Å²) < 4.78 is 4.91. The lowest BCUT2D eigenvalue weighted by atomic mass is 10.2. The molecule has 0 spiro atoms. The van der Waals surface area contributed by atoms with Crippen molar-refractivity contribution in [2.45, 2.75) is 16.6 Å². The lowest BCUT2D eigenvalue weighted by Crippen LogP contribution is -2.37. The highest BCUT2D eigenvalue weighted by Crippen LogP contribution is 2.38. The van der Waals surface area contributed by atoms with Crippen LogP contribution in [-0.4, -0.2) is 50.4 Å². The number of nitrogens with one attached hydrogen (secondary N) is 3. The maximum atomic E-state index is 12.1. The van der Waals surface area contributed by atoms with Crippen molar-refractivity contribution in [3.8, 4) is 0 Å². The molecule has 0 saturated carbocycles. The smallest absolute Gasteiger partial charge is 0.238 e. The molecule has 1 heterocycles. The average Bonchev–Trinajstić information content (AvgIpc) is 2.51. The molecule has 0 saturated heterocycles. The molecule has 2 rings (SSSR count). The highest BCUT2D eigenvalue weighted by atomic mass is 35.5. The standard InChI is InChI=1S/C15H20ClN3O3S.ClH/c1-22-7-6-17-4-5-18-14(20)9-13-15(21)19-11-8-10(16)2-3-12(11)23-13;/h2-3,8,13,17H,4-7,9H2,1H3,(H,18,20)(H,19,21);1H. The van der Waals surface area contributed by atoms with Crippen molar-refractivity contribution in [2.24, 2.45) is 0 Å². The first kappa shape index (κ1) is 21.1. The van der Waals surface area contributed by atoms with E-state index in [1.54, 1.807) is 19.2 Å². The number of hydrogen-bond acceptors (Lipinski definition) is 5. The third kappa shape index (κ3) is 6.49. The van der Waals surface area contributed by atoms with Crippen LogP contribution < -0.4 is 16.0 Å². The summed E-state index contributed by atoms with van der Waals surface area (Å²) >= 11 is 7.30. The van der Waals surface area contributed by atoms with E-state index in [9.17, 15) is 9.59 Å². The van der Waals surface area contributed by atoms with E-state index in [0.29, 0.717) is 30.4 Å². The summed E-state index contributed by atoms with van der Waals surface area (Å²) in [6.45, 7) is 2.57. The zero-order valence-corrected chi connectivity index (χ0v) is 15.7. The van der Waals surface area contributed by atoms with Crippen LogP contribution in [0.1, 0.15) is 6.42 Å². The monoisotopic (exact) mass is 393 g/mol. The van der Waals surface area contributed by atoms with E-state index in [1.807, 2.05) is 6.07 Å². The lowest BCUT2D eigenvalue weighted by Gasteiger charge is -2.23. The summed E-state index contributed by atoms with van der Waals surface area (Å²) in [7, 11) is 1.64. The summed E-state index contributed by atoms with van der Waals surface area (Å²) in [4.78, 5) is 24.9. The fourth-order valence-corrected chi connectivity index (χ4v) is 3.35. The highest BCUT2D eigenvalue weighted by molar-refractivity contribution is 8.01. The SMILES string of the molecule is COCCNCCNC(=O)CC1Sc2ccc(Cl)cc2NC1=O.Cl. The molecule has 9 heteroatoms. The van der Waals surface area contributed by atoms with Gasteiger partial charge in [0.15, 0.2) is 0 Å². The van der Waals surface area contributed by atoms with Crippen LogP contribution in [0.25, 0.3) is 0 Å². The second-order valence-electron chi connectivity index (χ2n) is 5.03. The molecule has 0 aromatic heterocycles. The number of methoxy groups -OCH3 is 1. The number of fused-ring (bicyclic) bond motifs is 1. The van der Waals surface area contributed by atoms with Crippen LogP contribution in [0.5, 0.6) is 0 Å². The van der Waals surface area contributed by atoms with Gasteiger partial charge in [-0.25, -0.2) is 0 Å². The summed E-state index contributed by atoms with van der Waals surface area (Å²) in [6.07, 6.45) is 0.149. The largest absolute Gasteiger partial charge is 0.383 e. The van der Waals surface area contributed by atoms with Gasteiger partial charge in [-0.05, 0) is 18.2 Å². The first-order valence-electron chi connectivity index (χ1n) is 7.33. The van der Waals surface area contributed by atoms with Gasteiger partial charge in [-0.3, -0.25) is 9.59 Å². The Morgan fingerprint density at radius 3 is 2.92 bits per heavy atom. The van der Waals surface area contributed by atoms with Crippen LogP contribution >= 0.6 is 35.8 Å². The minimum atomic E-state index is -0.426. The van der Waals surface area contributed by atoms with Crippen molar-refractivity contribution in [1.29, 1.82) is 0 Å². The summed E-state index contributed by atoms with van der Waals surface area (Å²) in [6, 6.07) is 5.34. The van der Waals surface area contributed by atoms with Crippen LogP contribution in [0.15, 0.2) is 23.1 Å². The lowest BCUT2D eigenvalue weighted by molar-refractivity contribution is -0.124. The Labute approximate surface area is 156 Å². The van der Waals surface area contributed by atoms with Crippen LogP contribution in [-0.2, 0) is 14.3 Å². The molecule has 0 aliphatic carbocycles. The van der Waals surface area contributed by atoms with E-state index >= 15 is 0 Å². The van der Waals surface area contributed by atoms with Crippen LogP contribution in [0.3, 0.4) is 0 Å². The topological polar surface area (TPSA) is 79.5 Å². The van der Waals surface area contributed by atoms with Crippen molar-refractivity contribution in [3.63, 3.8) is 0 Å². The molecule has 1 aromatic rings. The normalized spacial score (nSPS) is 15.9. The molecule has 1 unspecified atom stereocenters. The Hall–Kier alpha value is -0.990. The Balaban J connectivity index is 0.00000288. The van der Waals surface area contributed by atoms with Gasteiger partial charge in [-0.2, -0.15) is 0 Å². The fraction of sp³-hybridized carbons (Fsp3) is 0.467. The van der Waals surface area contributed by atoms with Gasteiger partial charge in [0.1, 0.15) is 0 Å². The number of halogens is 2. The Morgan fingerprint density at radius 1 is 1.38 bits per heavy atom. The van der Waals surface area contributed by atoms with Gasteiger partial charge in [0, 0.05) is 43.1 Å². The van der Waals surface area contributed by atoms with Crippen LogP contribution in [0.2, 0.25) is 5.02 Å². The zero-order valence-electron chi connectivity index (χ0n) is 13.3. The van der Waals surface area contributed by atoms with E-state index in [-0.39, 0.29) is 30.6 Å². The molecule has 2 amide bonds. The highest BCUT2D eigenvalue weighted by Gasteiger charge is 2.28. The molecule has 1 aliphatic rings. The maximum absolute atomic E-state index is 12.1. The van der Waals surface area contributed by atoms with E-state index < -0.39 is 5.25 Å². The predicted octanol–water partition coefficient (Wildman–Crippen LogP) is 1.92. The molecule has 6 nitrogen and oxygen atoms in total. The molecule has 0 bridgehead atoms. The minimum Gasteiger partial charge on any atom is -0.383 e. The molecule has 0 radical (unpaired) electrons. The Kier molecular flexibility index (Phi) is 9.46. The Morgan fingerprint density at radius 2 is 2.17 bits per heavy atom. The first-order valence-corrected chi connectivity index (χ1v) is 8.59. The van der Waals surface area contributed by atoms with Crippen molar-refractivity contribution < 1.29 is 14.3 Å². The molecule has 24 heavy (non-hydrogen) atoms. The minimum absolute atomic E-state index is 0. The molecule has 3 N–H and O–H groups in total. The quantitative estimate of drug-likeness (QED) is 0.587. The number of anilines is 1. The van der Waals surface area contributed by atoms with E-state index in [4.69, 9.17) is 16.3 Å². The van der Waals surface area contributed by atoms with Crippen LogP contribution in [0, 0.1) is 0 Å². The third-order valence-electron chi connectivity index (χ3n) is 3.24. The number of hydrogen-bond donors (Lipinski definition) is 3. The number of carbonyl (C=O) groups excluding carboxylic acids is 2. The summed E-state index contributed by atoms with van der Waals surface area (Å²) in [5.74, 6) is -0.304. The molecular formula is C15H21Cl2N3O3S. The third-order valence-corrected chi connectivity index (χ3v) is 4.75. The number of thioether (sulfide) groups is 1. The van der Waals surface area contributed by atoms with Gasteiger partial charge in [-0.15, -0.1) is 24.2 Å². The van der Waals surface area contributed by atoms with Gasteiger partial charge >= 0.3 is 0 Å². The number of benzene rings is 1. The molecule has 134 valence electrons. The van der Waals surface area contributed by atoms with Crippen molar-refractivity contribution in [3.05, 3.63) is 23.2 Å². The fourth-order valence-electron chi connectivity index (χ4n) is 2.09. The number of rotatable bonds is 8. The second-order valence-corrected chi connectivity index (χ2v) is 6.71. The average molecular weight is 394 g/mol.